The van der Waals surface area contributed by atoms with Crippen molar-refractivity contribution < 1.29 is 0 Å². The van der Waals surface area contributed by atoms with Crippen LogP contribution >= 0.6 is 11.6 Å². The van der Waals surface area contributed by atoms with Gasteiger partial charge in [-0.05, 0) is 24.1 Å². The molecule has 19 heavy (non-hydrogen) atoms. The number of hydrogen-bond acceptors (Lipinski definition) is 3. The Bertz CT molecular complexity index is 782. The van der Waals surface area contributed by atoms with Gasteiger partial charge in [-0.2, -0.15) is 0 Å². The van der Waals surface area contributed by atoms with Crippen molar-refractivity contribution in [1.82, 2.24) is 19.5 Å². The molecule has 5 nitrogen and oxygen atoms in total. The fraction of sp³-hybridized carbons (Fsp3) is 0.154. The maximum absolute atomic E-state index is 7.72. The molecule has 6 heteroatoms. The molecule has 0 spiro atoms. The number of aryl methyl sites for hydroxylation is 1. The van der Waals surface area contributed by atoms with Gasteiger partial charge < -0.3 is 9.55 Å². The lowest BCUT2D eigenvalue weighted by molar-refractivity contribution is 0.779. The van der Waals surface area contributed by atoms with Crippen molar-refractivity contribution >= 4 is 22.8 Å². The Morgan fingerprint density at radius 1 is 1.37 bits per heavy atom. The van der Waals surface area contributed by atoms with E-state index in [1.807, 2.05) is 29.7 Å². The first kappa shape index (κ1) is 11.9. The van der Waals surface area contributed by atoms with Crippen molar-refractivity contribution in [3.8, 4) is 0 Å². The molecule has 0 saturated heterocycles. The van der Waals surface area contributed by atoms with Crippen molar-refractivity contribution in [1.29, 1.82) is 5.41 Å². The van der Waals surface area contributed by atoms with Gasteiger partial charge in [0.1, 0.15) is 5.52 Å². The Balaban J connectivity index is 2.14. The summed E-state index contributed by atoms with van der Waals surface area (Å²) < 4.78 is 1.89. The van der Waals surface area contributed by atoms with Crippen LogP contribution in [0.2, 0.25) is 5.02 Å². The summed E-state index contributed by atoms with van der Waals surface area (Å²) in [7, 11) is 0. The largest absolute Gasteiger partial charge is 0.340 e. The van der Waals surface area contributed by atoms with Gasteiger partial charge in [0.2, 0.25) is 0 Å². The minimum atomic E-state index is 0.194. The van der Waals surface area contributed by atoms with Crippen LogP contribution in [0, 0.1) is 12.3 Å². The highest BCUT2D eigenvalue weighted by atomic mass is 35.5. The molecule has 1 aromatic carbocycles. The normalized spacial score (nSPS) is 11.1. The molecule has 0 fully saturated rings. The van der Waals surface area contributed by atoms with Crippen LogP contribution in [-0.4, -0.2) is 19.5 Å². The lowest BCUT2D eigenvalue weighted by Crippen LogP contribution is -2.13. The molecule has 3 rings (SSSR count). The maximum Gasteiger partial charge on any atom is 0.173 e. The predicted octanol–water partition coefficient (Wildman–Crippen LogP) is 2.25. The SMILES string of the molecule is Cc1cccc(Cl)c1Cn1cnc(=N)c2[nH]cnc21. The van der Waals surface area contributed by atoms with Crippen LogP contribution in [0.4, 0.5) is 0 Å². The number of aromatic nitrogens is 4. The molecule has 2 N–H and O–H groups in total. The fourth-order valence-corrected chi connectivity index (χ4v) is 2.36. The Morgan fingerprint density at radius 2 is 2.21 bits per heavy atom. The number of nitrogens with one attached hydrogen (secondary N) is 2. The van der Waals surface area contributed by atoms with Gasteiger partial charge >= 0.3 is 0 Å². The fourth-order valence-electron chi connectivity index (χ4n) is 2.08. The van der Waals surface area contributed by atoms with E-state index < -0.39 is 0 Å². The number of benzene rings is 1. The number of rotatable bonds is 2. The summed E-state index contributed by atoms with van der Waals surface area (Å²) in [6, 6.07) is 5.83. The highest BCUT2D eigenvalue weighted by molar-refractivity contribution is 6.31. The third kappa shape index (κ3) is 2.02. The number of H-pyrrole nitrogens is 1. The second-order valence-corrected chi connectivity index (χ2v) is 4.76. The van der Waals surface area contributed by atoms with Gasteiger partial charge in [0.15, 0.2) is 11.1 Å². The van der Waals surface area contributed by atoms with Gasteiger partial charge in [-0.15, -0.1) is 0 Å². The van der Waals surface area contributed by atoms with Gasteiger partial charge in [0, 0.05) is 5.02 Å². The molecule has 0 bridgehead atoms. The standard InChI is InChI=1S/C13H12ClN5/c1-8-3-2-4-10(14)9(8)5-19-7-18-12(15)11-13(19)17-6-16-11/h2-4,6-7,15H,5H2,1H3,(H,16,17). The molecular weight excluding hydrogens is 262 g/mol. The molecule has 0 aliphatic carbocycles. The Morgan fingerprint density at radius 3 is 3.00 bits per heavy atom. The zero-order valence-electron chi connectivity index (χ0n) is 10.3. The van der Waals surface area contributed by atoms with E-state index in [0.29, 0.717) is 17.7 Å². The zero-order chi connectivity index (χ0) is 13.4. The van der Waals surface area contributed by atoms with Crippen LogP contribution in [0.3, 0.4) is 0 Å². The summed E-state index contributed by atoms with van der Waals surface area (Å²) in [6.45, 7) is 2.61. The first-order chi connectivity index (χ1) is 9.16. The van der Waals surface area contributed by atoms with Crippen LogP contribution < -0.4 is 5.49 Å². The van der Waals surface area contributed by atoms with E-state index in [1.165, 1.54) is 0 Å². The molecule has 0 unspecified atom stereocenters. The molecular formula is C13H12ClN5. The molecule has 0 radical (unpaired) electrons. The third-order valence-electron chi connectivity index (χ3n) is 3.14. The lowest BCUT2D eigenvalue weighted by atomic mass is 10.1. The summed E-state index contributed by atoms with van der Waals surface area (Å²) >= 11 is 6.24. The Kier molecular flexibility index (Phi) is 2.83. The summed E-state index contributed by atoms with van der Waals surface area (Å²) in [5, 5.41) is 8.45. The first-order valence-electron chi connectivity index (χ1n) is 5.84. The highest BCUT2D eigenvalue weighted by Gasteiger charge is 2.08. The summed E-state index contributed by atoms with van der Waals surface area (Å²) in [4.78, 5) is 11.2. The number of nitrogens with zero attached hydrogens (tertiary/aromatic N) is 3. The van der Waals surface area contributed by atoms with Gasteiger partial charge in [-0.25, -0.2) is 9.97 Å². The second kappa shape index (κ2) is 4.51. The van der Waals surface area contributed by atoms with Crippen LogP contribution in [-0.2, 0) is 6.54 Å². The molecule has 0 amide bonds. The molecule has 0 aliphatic heterocycles. The van der Waals surface area contributed by atoms with Crippen LogP contribution in [0.1, 0.15) is 11.1 Å². The Labute approximate surface area is 114 Å². The number of hydrogen-bond donors (Lipinski definition) is 2. The second-order valence-electron chi connectivity index (χ2n) is 4.36. The predicted molar refractivity (Wildman–Crippen MR) is 73.0 cm³/mol. The molecule has 0 atom stereocenters. The monoisotopic (exact) mass is 273 g/mol. The molecule has 2 heterocycles. The van der Waals surface area contributed by atoms with Crippen molar-refractivity contribution in [3.05, 3.63) is 52.5 Å². The van der Waals surface area contributed by atoms with E-state index in [0.717, 1.165) is 16.1 Å². The number of halogens is 1. The maximum atomic E-state index is 7.72. The van der Waals surface area contributed by atoms with E-state index in [-0.39, 0.29) is 5.49 Å². The third-order valence-corrected chi connectivity index (χ3v) is 3.49. The van der Waals surface area contributed by atoms with E-state index in [2.05, 4.69) is 15.0 Å². The smallest absolute Gasteiger partial charge is 0.173 e. The van der Waals surface area contributed by atoms with Gasteiger partial charge in [0.05, 0.1) is 19.2 Å². The van der Waals surface area contributed by atoms with Crippen molar-refractivity contribution in [2.75, 3.05) is 0 Å². The molecule has 3 aromatic rings. The van der Waals surface area contributed by atoms with Crippen molar-refractivity contribution in [2.24, 2.45) is 0 Å². The Hall–Kier alpha value is -2.14. The topological polar surface area (TPSA) is 70.3 Å². The zero-order valence-corrected chi connectivity index (χ0v) is 11.1. The minimum absolute atomic E-state index is 0.194. The number of fused-ring (bicyclic) bond motifs is 1. The molecule has 96 valence electrons. The van der Waals surface area contributed by atoms with E-state index in [1.54, 1.807) is 12.7 Å². The quantitative estimate of drug-likeness (QED) is 0.752. The van der Waals surface area contributed by atoms with Crippen LogP contribution in [0.15, 0.2) is 30.9 Å². The minimum Gasteiger partial charge on any atom is -0.340 e. The van der Waals surface area contributed by atoms with Gasteiger partial charge in [-0.3, -0.25) is 5.41 Å². The number of aromatic amines is 1. The highest BCUT2D eigenvalue weighted by Crippen LogP contribution is 2.21. The first-order valence-corrected chi connectivity index (χ1v) is 6.21. The van der Waals surface area contributed by atoms with Gasteiger partial charge in [-0.1, -0.05) is 23.7 Å². The number of imidazole rings is 1. The van der Waals surface area contributed by atoms with Gasteiger partial charge in [0.25, 0.3) is 0 Å². The lowest BCUT2D eigenvalue weighted by Gasteiger charge is -2.11. The summed E-state index contributed by atoms with van der Waals surface area (Å²) in [6.07, 6.45) is 3.19. The van der Waals surface area contributed by atoms with Crippen molar-refractivity contribution in [3.63, 3.8) is 0 Å². The van der Waals surface area contributed by atoms with E-state index in [4.69, 9.17) is 17.0 Å². The molecule has 0 saturated carbocycles. The van der Waals surface area contributed by atoms with E-state index in [9.17, 15) is 0 Å². The van der Waals surface area contributed by atoms with Crippen molar-refractivity contribution in [2.45, 2.75) is 13.5 Å². The molecule has 0 aliphatic rings. The summed E-state index contributed by atoms with van der Waals surface area (Å²) in [5.74, 6) is 0. The summed E-state index contributed by atoms with van der Waals surface area (Å²) in [5.41, 5.74) is 3.70. The van der Waals surface area contributed by atoms with Crippen LogP contribution in [0.5, 0.6) is 0 Å². The molecule has 2 aromatic heterocycles. The van der Waals surface area contributed by atoms with E-state index >= 15 is 0 Å². The average Bonchev–Trinajstić information content (AvgIpc) is 2.87. The average molecular weight is 274 g/mol. The van der Waals surface area contributed by atoms with Crippen LogP contribution in [0.25, 0.3) is 11.2 Å².